The van der Waals surface area contributed by atoms with Crippen LogP contribution in [0.3, 0.4) is 0 Å². The summed E-state index contributed by atoms with van der Waals surface area (Å²) in [6, 6.07) is 0. The Morgan fingerprint density at radius 3 is 2.06 bits per heavy atom. The third-order valence-corrected chi connectivity index (χ3v) is 2.32. The van der Waals surface area contributed by atoms with Gasteiger partial charge in [-0.25, -0.2) is 4.79 Å². The van der Waals surface area contributed by atoms with Crippen LogP contribution in [0.5, 0.6) is 0 Å². The number of aliphatic carboxylic acids is 1. The van der Waals surface area contributed by atoms with Gasteiger partial charge >= 0.3 is 6.09 Å². The summed E-state index contributed by atoms with van der Waals surface area (Å²) in [4.78, 5) is 23.9. The summed E-state index contributed by atoms with van der Waals surface area (Å²) in [5.74, 6) is -0.372. The van der Waals surface area contributed by atoms with Crippen LogP contribution in [0.2, 0.25) is 0 Å². The topological polar surface area (TPSA) is 66.8 Å². The van der Waals surface area contributed by atoms with Crippen molar-refractivity contribution in [3.63, 3.8) is 0 Å². The van der Waals surface area contributed by atoms with Crippen LogP contribution in [-0.4, -0.2) is 40.8 Å². The van der Waals surface area contributed by atoms with Crippen LogP contribution in [0.1, 0.15) is 33.6 Å². The van der Waals surface area contributed by atoms with E-state index in [-0.39, 0.29) is 37.2 Å². The van der Waals surface area contributed by atoms with Gasteiger partial charge in [-0.05, 0) is 33.9 Å². The van der Waals surface area contributed by atoms with Crippen molar-refractivity contribution in [2.24, 2.45) is 0 Å². The molecule has 0 bridgehead atoms. The van der Waals surface area contributed by atoms with Gasteiger partial charge in [0.25, 0.3) is 0 Å². The van der Waals surface area contributed by atoms with E-state index >= 15 is 0 Å². The molecule has 1 heterocycles. The van der Waals surface area contributed by atoms with Gasteiger partial charge in [-0.15, -0.1) is 12.8 Å². The number of hydrogen-bond donors (Lipinski definition) is 1. The van der Waals surface area contributed by atoms with E-state index in [1.165, 1.54) is 0 Å². The van der Waals surface area contributed by atoms with Gasteiger partial charge in [0, 0.05) is 31.1 Å². The van der Waals surface area contributed by atoms with Crippen LogP contribution in [0.4, 0.5) is 4.79 Å². The van der Waals surface area contributed by atoms with E-state index in [9.17, 15) is 9.59 Å². The Kier molecular flexibility index (Phi) is 6.43. The number of carbonyl (C=O) groups excluding carboxylic acids is 1. The van der Waals surface area contributed by atoms with Crippen molar-refractivity contribution in [3.8, 4) is 0 Å². The van der Waals surface area contributed by atoms with E-state index in [1.54, 1.807) is 4.90 Å². The normalized spacial score (nSPS) is 16.2. The molecule has 0 unspecified atom stereocenters. The van der Waals surface area contributed by atoms with Gasteiger partial charge in [0.2, 0.25) is 0 Å². The molecule has 0 aromatic rings. The zero-order valence-corrected chi connectivity index (χ0v) is 14.6. The third-order valence-electron chi connectivity index (χ3n) is 2.32. The molecule has 1 rings (SSSR count). The monoisotopic (exact) mass is 466 g/mol. The van der Waals surface area contributed by atoms with Crippen molar-refractivity contribution in [2.75, 3.05) is 13.1 Å². The van der Waals surface area contributed by atoms with E-state index in [0.29, 0.717) is 31.8 Å². The van der Waals surface area contributed by atoms with Crippen molar-refractivity contribution in [1.82, 2.24) is 4.90 Å². The van der Waals surface area contributed by atoms with Gasteiger partial charge in [-0.1, -0.05) is 0 Å². The van der Waals surface area contributed by atoms with Crippen LogP contribution in [0.15, 0.2) is 0 Å². The maximum Gasteiger partial charge on any atom is 0.410 e. The summed E-state index contributed by atoms with van der Waals surface area (Å²) in [6.45, 7) is 6.28. The van der Waals surface area contributed by atoms with Crippen molar-refractivity contribution in [1.29, 1.82) is 0 Å². The maximum atomic E-state index is 11.6. The molecule has 0 aromatic carbocycles. The van der Waals surface area contributed by atoms with Crippen molar-refractivity contribution in [3.05, 3.63) is 5.92 Å². The second-order valence-corrected chi connectivity index (χ2v) is 4.88. The molecule has 17 heavy (non-hydrogen) atoms. The van der Waals surface area contributed by atoms with Gasteiger partial charge in [0.05, 0.1) is 0 Å². The predicted octanol–water partition coefficient (Wildman–Crippen LogP) is 1.68. The summed E-state index contributed by atoms with van der Waals surface area (Å²) < 4.78 is 5.20. The van der Waals surface area contributed by atoms with Crippen molar-refractivity contribution in [2.45, 2.75) is 39.2 Å². The van der Waals surface area contributed by atoms with E-state index in [2.05, 4.69) is 0 Å². The Balaban J connectivity index is 0.00000256. The molecule has 0 spiro atoms. The van der Waals surface area contributed by atoms with Crippen molar-refractivity contribution >= 4 is 12.1 Å². The Labute approximate surface area is 125 Å². The molecule has 1 aliphatic heterocycles. The standard InChI is InChI=1S/C11H18NO4.U/c1-11(2,3)16-10(15)12-6-4-8(5-7-12)9(13)14;/h4-7H2,1-3H3,(H,13,14);/q-1;. The minimum absolute atomic E-state index is 0. The van der Waals surface area contributed by atoms with E-state index < -0.39 is 11.6 Å². The number of likely N-dealkylation sites (tertiary alicyclic amines) is 1. The van der Waals surface area contributed by atoms with Gasteiger partial charge in [-0.2, -0.15) is 0 Å². The summed E-state index contributed by atoms with van der Waals surface area (Å²) in [5, 5.41) is 8.78. The number of ether oxygens (including phenoxy) is 1. The van der Waals surface area contributed by atoms with Crippen LogP contribution >= 0.6 is 0 Å². The number of rotatable bonds is 1. The van der Waals surface area contributed by atoms with E-state index in [1.807, 2.05) is 20.8 Å². The Morgan fingerprint density at radius 1 is 1.24 bits per heavy atom. The van der Waals surface area contributed by atoms with Crippen LogP contribution < -0.4 is 0 Å². The number of carbonyl (C=O) groups is 2. The Bertz CT molecular complexity index is 280. The minimum Gasteiger partial charge on any atom is -0.503 e. The Hall–Kier alpha value is -0.338. The predicted molar refractivity (Wildman–Crippen MR) is 57.9 cm³/mol. The summed E-state index contributed by atoms with van der Waals surface area (Å²) in [5.41, 5.74) is -0.506. The first-order valence-electron chi connectivity index (χ1n) is 5.35. The Morgan fingerprint density at radius 2 is 1.71 bits per heavy atom. The van der Waals surface area contributed by atoms with Crippen LogP contribution in [0.25, 0.3) is 0 Å². The molecule has 0 radical (unpaired) electrons. The summed E-state index contributed by atoms with van der Waals surface area (Å²) >= 11 is 0. The molecule has 1 aliphatic rings. The van der Waals surface area contributed by atoms with Crippen LogP contribution in [-0.2, 0) is 9.53 Å². The first-order chi connectivity index (χ1) is 7.29. The zero-order valence-electron chi connectivity index (χ0n) is 10.4. The van der Waals surface area contributed by atoms with Crippen LogP contribution in [0, 0.1) is 37.0 Å². The molecular formula is C11H18NO4U-. The second kappa shape index (κ2) is 6.56. The number of hydrogen-bond acceptors (Lipinski definition) is 3. The maximum absolute atomic E-state index is 11.6. The molecule has 0 aromatic heterocycles. The molecule has 5 nitrogen and oxygen atoms in total. The first kappa shape index (κ1) is 16.7. The zero-order chi connectivity index (χ0) is 12.3. The fourth-order valence-corrected chi connectivity index (χ4v) is 1.50. The quantitative estimate of drug-likeness (QED) is 0.598. The number of amides is 1. The van der Waals surface area contributed by atoms with Gasteiger partial charge < -0.3 is 14.7 Å². The average Bonchev–Trinajstić information content (AvgIpc) is 2.15. The number of carboxylic acid groups (broad SMARTS) is 1. The summed E-state index contributed by atoms with van der Waals surface area (Å²) in [7, 11) is 0. The molecule has 6 heteroatoms. The molecule has 0 saturated carbocycles. The minimum atomic E-state index is -0.858. The molecule has 1 saturated heterocycles. The largest absolute Gasteiger partial charge is 0.503 e. The molecule has 0 aliphatic carbocycles. The molecule has 1 amide bonds. The third kappa shape index (κ3) is 5.69. The van der Waals surface area contributed by atoms with E-state index in [0.717, 1.165) is 0 Å². The average molecular weight is 466 g/mol. The fraction of sp³-hybridized carbons (Fsp3) is 0.727. The van der Waals surface area contributed by atoms with Crippen molar-refractivity contribution < 1.29 is 50.5 Å². The number of nitrogens with zero attached hydrogens (tertiary/aromatic N) is 1. The van der Waals surface area contributed by atoms with E-state index in [4.69, 9.17) is 9.84 Å². The molecular weight excluding hydrogens is 448 g/mol. The SMILES string of the molecule is CC(C)(C)OC(=O)N1CC[C-](C(=O)O)CC1.[U]. The molecule has 1 fully saturated rings. The summed E-state index contributed by atoms with van der Waals surface area (Å²) in [6.07, 6.45) is 0.486. The molecule has 1 N–H and O–H groups in total. The fourth-order valence-electron chi connectivity index (χ4n) is 1.50. The van der Waals surface area contributed by atoms with Gasteiger partial charge in [0.1, 0.15) is 5.60 Å². The molecule has 0 atom stereocenters. The first-order valence-corrected chi connectivity index (χ1v) is 5.35. The van der Waals surface area contributed by atoms with Gasteiger partial charge in [0.15, 0.2) is 5.97 Å². The molecule has 96 valence electrons. The second-order valence-electron chi connectivity index (χ2n) is 4.88. The smallest absolute Gasteiger partial charge is 0.410 e. The number of carboxylic acids is 1. The number of piperidine rings is 1. The van der Waals surface area contributed by atoms with Gasteiger partial charge in [-0.3, -0.25) is 10.7 Å².